The van der Waals surface area contributed by atoms with E-state index in [0.29, 0.717) is 31.0 Å². The maximum Gasteiger partial charge on any atom is 0.310 e. The van der Waals surface area contributed by atoms with E-state index >= 15 is 0 Å². The lowest BCUT2D eigenvalue weighted by Crippen LogP contribution is -2.30. The van der Waals surface area contributed by atoms with E-state index < -0.39 is 11.4 Å². The molecular formula is C15H15BrN2O3. The molecule has 1 heterocycles. The lowest BCUT2D eigenvalue weighted by atomic mass is 9.83. The van der Waals surface area contributed by atoms with Gasteiger partial charge in [-0.1, -0.05) is 46.1 Å². The monoisotopic (exact) mass is 350 g/mol. The van der Waals surface area contributed by atoms with Crippen LogP contribution in [0.4, 0.5) is 0 Å². The lowest BCUT2D eigenvalue weighted by molar-refractivity contribution is -0.148. The fourth-order valence-corrected chi connectivity index (χ4v) is 3.28. The van der Waals surface area contributed by atoms with Crippen LogP contribution >= 0.6 is 15.9 Å². The summed E-state index contributed by atoms with van der Waals surface area (Å²) < 4.78 is 6.19. The van der Waals surface area contributed by atoms with Crippen molar-refractivity contribution in [2.45, 2.75) is 32.1 Å². The molecule has 1 N–H and O–H groups in total. The first-order valence-electron chi connectivity index (χ1n) is 6.91. The van der Waals surface area contributed by atoms with Gasteiger partial charge in [0, 0.05) is 16.5 Å². The van der Waals surface area contributed by atoms with E-state index in [0.717, 1.165) is 22.9 Å². The normalized spacial score (nSPS) is 17.0. The Hall–Kier alpha value is -1.69. The van der Waals surface area contributed by atoms with E-state index in [2.05, 4.69) is 26.1 Å². The molecule has 1 aromatic carbocycles. The fourth-order valence-electron chi connectivity index (χ4n) is 2.88. The highest BCUT2D eigenvalue weighted by atomic mass is 79.9. The van der Waals surface area contributed by atoms with Crippen molar-refractivity contribution < 1.29 is 14.4 Å². The summed E-state index contributed by atoms with van der Waals surface area (Å²) >= 11 is 3.40. The van der Waals surface area contributed by atoms with Crippen LogP contribution in [0.5, 0.6) is 0 Å². The van der Waals surface area contributed by atoms with Crippen molar-refractivity contribution in [1.82, 2.24) is 10.1 Å². The molecule has 0 atom stereocenters. The zero-order valence-corrected chi connectivity index (χ0v) is 13.0. The fraction of sp³-hybridized carbons (Fsp3) is 0.400. The van der Waals surface area contributed by atoms with Gasteiger partial charge in [0.25, 0.3) is 0 Å². The Morgan fingerprint density at radius 3 is 2.81 bits per heavy atom. The predicted octanol–water partition coefficient (Wildman–Crippen LogP) is 3.69. The number of carbonyl (C=O) groups is 1. The molecule has 0 unspecified atom stereocenters. The third-order valence-corrected chi connectivity index (χ3v) is 4.55. The number of carboxylic acid groups (broad SMARTS) is 1. The molecular weight excluding hydrogens is 336 g/mol. The molecule has 0 bridgehead atoms. The van der Waals surface area contributed by atoms with Gasteiger partial charge in [-0.3, -0.25) is 4.79 Å². The highest BCUT2D eigenvalue weighted by Gasteiger charge is 2.42. The van der Waals surface area contributed by atoms with Crippen LogP contribution in [0, 0.1) is 5.41 Å². The number of nitrogens with zero attached hydrogens (tertiary/aromatic N) is 2. The third-order valence-electron chi connectivity index (χ3n) is 4.05. The summed E-state index contributed by atoms with van der Waals surface area (Å²) in [5.74, 6) is 0.126. The van der Waals surface area contributed by atoms with Gasteiger partial charge >= 0.3 is 5.97 Å². The number of hydrogen-bond donors (Lipinski definition) is 1. The van der Waals surface area contributed by atoms with E-state index in [1.165, 1.54) is 0 Å². The van der Waals surface area contributed by atoms with Gasteiger partial charge in [0.15, 0.2) is 0 Å². The number of hydrogen-bond acceptors (Lipinski definition) is 4. The molecule has 0 saturated heterocycles. The number of carboxylic acids is 1. The summed E-state index contributed by atoms with van der Waals surface area (Å²) in [5.41, 5.74) is 0.108. The van der Waals surface area contributed by atoms with Crippen molar-refractivity contribution in [3.05, 3.63) is 34.6 Å². The second-order valence-electron chi connectivity index (χ2n) is 5.49. The summed E-state index contributed by atoms with van der Waals surface area (Å²) in [6.45, 7) is 0. The quantitative estimate of drug-likeness (QED) is 0.909. The van der Waals surface area contributed by atoms with Crippen LogP contribution in [0.3, 0.4) is 0 Å². The zero-order valence-electron chi connectivity index (χ0n) is 11.4. The summed E-state index contributed by atoms with van der Waals surface area (Å²) in [6, 6.07) is 7.60. The van der Waals surface area contributed by atoms with Crippen molar-refractivity contribution in [1.29, 1.82) is 0 Å². The molecule has 1 aromatic heterocycles. The molecule has 0 amide bonds. The first-order valence-corrected chi connectivity index (χ1v) is 7.70. The Balaban J connectivity index is 1.83. The number of halogens is 1. The molecule has 0 aliphatic heterocycles. The number of aliphatic carboxylic acids is 1. The average molecular weight is 351 g/mol. The molecule has 0 spiro atoms. The molecule has 0 radical (unpaired) electrons. The van der Waals surface area contributed by atoms with Crippen LogP contribution in [0.1, 0.15) is 31.6 Å². The average Bonchev–Trinajstić information content (AvgIpc) is 3.09. The Labute approximate surface area is 130 Å². The Bertz CT molecular complexity index is 662. The van der Waals surface area contributed by atoms with Gasteiger partial charge in [-0.15, -0.1) is 0 Å². The van der Waals surface area contributed by atoms with Crippen LogP contribution in [0.25, 0.3) is 11.4 Å². The largest absolute Gasteiger partial charge is 0.481 e. The molecule has 1 saturated carbocycles. The van der Waals surface area contributed by atoms with E-state index in [4.69, 9.17) is 4.52 Å². The molecule has 6 heteroatoms. The van der Waals surface area contributed by atoms with Crippen LogP contribution in [0.2, 0.25) is 0 Å². The highest BCUT2D eigenvalue weighted by molar-refractivity contribution is 9.10. The second-order valence-corrected chi connectivity index (χ2v) is 6.41. The van der Waals surface area contributed by atoms with Crippen LogP contribution in [-0.4, -0.2) is 21.2 Å². The van der Waals surface area contributed by atoms with Crippen molar-refractivity contribution in [2.75, 3.05) is 0 Å². The van der Waals surface area contributed by atoms with Crippen LogP contribution < -0.4 is 0 Å². The van der Waals surface area contributed by atoms with Crippen molar-refractivity contribution in [3.63, 3.8) is 0 Å². The number of rotatable bonds is 4. The third kappa shape index (κ3) is 2.85. The summed E-state index contributed by atoms with van der Waals surface area (Å²) in [4.78, 5) is 15.9. The van der Waals surface area contributed by atoms with Crippen molar-refractivity contribution in [2.24, 2.45) is 5.41 Å². The second kappa shape index (κ2) is 5.60. The van der Waals surface area contributed by atoms with Gasteiger partial charge in [0.2, 0.25) is 11.7 Å². The molecule has 3 rings (SSSR count). The minimum atomic E-state index is -0.762. The highest BCUT2D eigenvalue weighted by Crippen LogP contribution is 2.41. The predicted molar refractivity (Wildman–Crippen MR) is 79.7 cm³/mol. The Morgan fingerprint density at radius 1 is 1.38 bits per heavy atom. The van der Waals surface area contributed by atoms with Crippen LogP contribution in [-0.2, 0) is 11.2 Å². The van der Waals surface area contributed by atoms with Gasteiger partial charge in [-0.25, -0.2) is 0 Å². The number of aromatic nitrogens is 2. The molecule has 21 heavy (non-hydrogen) atoms. The van der Waals surface area contributed by atoms with Crippen molar-refractivity contribution >= 4 is 21.9 Å². The maximum absolute atomic E-state index is 11.6. The zero-order chi connectivity index (χ0) is 14.9. The molecule has 1 aliphatic rings. The number of benzene rings is 1. The van der Waals surface area contributed by atoms with E-state index in [1.807, 2.05) is 24.3 Å². The smallest absolute Gasteiger partial charge is 0.310 e. The standard InChI is InChI=1S/C15H15BrN2O3/c16-11-5-3-4-10(8-11)13-17-12(21-18-13)9-15(14(19)20)6-1-2-7-15/h3-5,8H,1-2,6-7,9H2,(H,19,20). The molecule has 110 valence electrons. The minimum absolute atomic E-state index is 0.309. The molecule has 2 aromatic rings. The van der Waals surface area contributed by atoms with Gasteiger partial charge in [-0.05, 0) is 25.0 Å². The first-order chi connectivity index (χ1) is 10.1. The molecule has 1 fully saturated rings. The van der Waals surface area contributed by atoms with Gasteiger partial charge in [-0.2, -0.15) is 4.98 Å². The van der Waals surface area contributed by atoms with E-state index in [-0.39, 0.29) is 0 Å². The van der Waals surface area contributed by atoms with Gasteiger partial charge < -0.3 is 9.63 Å². The molecule has 5 nitrogen and oxygen atoms in total. The van der Waals surface area contributed by atoms with E-state index in [1.54, 1.807) is 0 Å². The summed E-state index contributed by atoms with van der Waals surface area (Å²) in [7, 11) is 0. The summed E-state index contributed by atoms with van der Waals surface area (Å²) in [5, 5.41) is 13.4. The topological polar surface area (TPSA) is 76.2 Å². The van der Waals surface area contributed by atoms with E-state index in [9.17, 15) is 9.90 Å². The van der Waals surface area contributed by atoms with Gasteiger partial charge in [0.1, 0.15) is 0 Å². The first kappa shape index (κ1) is 14.3. The Morgan fingerprint density at radius 2 is 2.14 bits per heavy atom. The lowest BCUT2D eigenvalue weighted by Gasteiger charge is -2.21. The van der Waals surface area contributed by atoms with Crippen molar-refractivity contribution in [3.8, 4) is 11.4 Å². The van der Waals surface area contributed by atoms with Gasteiger partial charge in [0.05, 0.1) is 5.41 Å². The SMILES string of the molecule is O=C(O)C1(Cc2nc(-c3cccc(Br)c3)no2)CCCC1. The van der Waals surface area contributed by atoms with Crippen LogP contribution in [0.15, 0.2) is 33.3 Å². The molecule has 1 aliphatic carbocycles. The Kier molecular flexibility index (Phi) is 3.80. The minimum Gasteiger partial charge on any atom is -0.481 e. The summed E-state index contributed by atoms with van der Waals surface area (Å²) in [6.07, 6.45) is 3.55. The maximum atomic E-state index is 11.6.